The van der Waals surface area contributed by atoms with Crippen LogP contribution in [0.4, 0.5) is 8.78 Å². The third-order valence-corrected chi connectivity index (χ3v) is 7.95. The first kappa shape index (κ1) is 32.8. The van der Waals surface area contributed by atoms with Gasteiger partial charge in [0, 0.05) is 18.1 Å². The number of nitrogens with one attached hydrogen (secondary N) is 1. The zero-order valence-electron chi connectivity index (χ0n) is 24.4. The quantitative estimate of drug-likeness (QED) is 0.173. The highest BCUT2D eigenvalue weighted by molar-refractivity contribution is 5.97. The Bertz CT molecular complexity index is 1450. The molecule has 2 saturated heterocycles. The first-order valence-corrected chi connectivity index (χ1v) is 14.3. The van der Waals surface area contributed by atoms with Gasteiger partial charge < -0.3 is 54.5 Å². The van der Waals surface area contributed by atoms with E-state index in [1.807, 2.05) is 0 Å². The van der Waals surface area contributed by atoms with Crippen LogP contribution >= 0.6 is 0 Å². The summed E-state index contributed by atoms with van der Waals surface area (Å²) in [7, 11) is 0. The van der Waals surface area contributed by atoms with Crippen molar-refractivity contribution in [3.8, 4) is 17.2 Å². The summed E-state index contributed by atoms with van der Waals surface area (Å²) in [4.78, 5) is 12.8. The van der Waals surface area contributed by atoms with E-state index in [9.17, 15) is 39.1 Å². The van der Waals surface area contributed by atoms with Crippen molar-refractivity contribution >= 4 is 12.0 Å². The second-order valence-corrected chi connectivity index (χ2v) is 11.1. The number of hydrogen-bond donors (Lipinski definition) is 6. The number of aliphatic hydroxyl groups excluding tert-OH is 4. The molecule has 3 aliphatic rings. The molecular formula is C31H35F2NO11. The second kappa shape index (κ2) is 13.8. The summed E-state index contributed by atoms with van der Waals surface area (Å²) in [5.74, 6) is -2.48. The fourth-order valence-corrected chi connectivity index (χ4v) is 5.49. The summed E-state index contributed by atoms with van der Waals surface area (Å²) in [5.41, 5.74) is 1.22. The third-order valence-electron chi connectivity index (χ3n) is 7.95. The maximum atomic E-state index is 13.8. The van der Waals surface area contributed by atoms with Gasteiger partial charge in [-0.05, 0) is 61.4 Å². The molecule has 14 heteroatoms. The van der Waals surface area contributed by atoms with Crippen molar-refractivity contribution < 1.29 is 62.8 Å². The van der Waals surface area contributed by atoms with Crippen LogP contribution in [0, 0.1) is 11.6 Å². The van der Waals surface area contributed by atoms with Gasteiger partial charge in [0.15, 0.2) is 23.1 Å². The van der Waals surface area contributed by atoms with E-state index < -0.39 is 72.6 Å². The van der Waals surface area contributed by atoms with Gasteiger partial charge in [0.05, 0.1) is 12.1 Å². The fourth-order valence-electron chi connectivity index (χ4n) is 5.49. The van der Waals surface area contributed by atoms with Crippen molar-refractivity contribution in [1.29, 1.82) is 0 Å². The average molecular weight is 636 g/mol. The number of aromatic hydroxyl groups is 1. The SMILES string of the molecule is CC(=Cc1ccc(O[C@H]2C[C@H](O)[C@@H](C(C)=CCOc3ccc(F)cc3F)O2)c(O)c1)C(=O)N[C@@H]1[C@H](O)[C@@H](O)[C@H]2OCO[C@H]2[C@@H]1O. The maximum absolute atomic E-state index is 13.8. The third kappa shape index (κ3) is 7.28. The Hall–Kier alpha value is -3.63. The second-order valence-electron chi connectivity index (χ2n) is 11.1. The molecule has 1 aliphatic carbocycles. The minimum absolute atomic E-state index is 0.0478. The van der Waals surface area contributed by atoms with Crippen molar-refractivity contribution in [2.45, 2.75) is 75.3 Å². The van der Waals surface area contributed by atoms with Crippen LogP contribution in [-0.4, -0.2) is 99.9 Å². The number of phenolic OH excluding ortho intramolecular Hbond substituents is 1. The molecule has 3 fully saturated rings. The summed E-state index contributed by atoms with van der Waals surface area (Å²) in [6, 6.07) is 6.16. The van der Waals surface area contributed by atoms with E-state index >= 15 is 0 Å². The van der Waals surface area contributed by atoms with Crippen LogP contribution in [0.15, 0.2) is 53.6 Å². The number of rotatable bonds is 9. The summed E-state index contributed by atoms with van der Waals surface area (Å²) in [6.07, 6.45) is -5.41. The van der Waals surface area contributed by atoms with Gasteiger partial charge in [-0.2, -0.15) is 0 Å². The molecule has 1 amide bonds. The van der Waals surface area contributed by atoms with Crippen molar-refractivity contribution in [2.75, 3.05) is 13.4 Å². The van der Waals surface area contributed by atoms with E-state index in [4.69, 9.17) is 23.7 Å². The number of amides is 1. The molecule has 2 aromatic rings. The number of carbonyl (C=O) groups is 1. The predicted molar refractivity (Wildman–Crippen MR) is 152 cm³/mol. The van der Waals surface area contributed by atoms with Crippen LogP contribution in [0.25, 0.3) is 6.08 Å². The van der Waals surface area contributed by atoms with E-state index in [1.165, 1.54) is 31.2 Å². The predicted octanol–water partition coefficient (Wildman–Crippen LogP) is 1.28. The van der Waals surface area contributed by atoms with Crippen molar-refractivity contribution in [1.82, 2.24) is 5.32 Å². The summed E-state index contributed by atoms with van der Waals surface area (Å²) in [6.45, 7) is 3.00. The Balaban J connectivity index is 1.15. The highest BCUT2D eigenvalue weighted by Crippen LogP contribution is 2.34. The van der Waals surface area contributed by atoms with E-state index in [1.54, 1.807) is 19.1 Å². The molecular weight excluding hydrogens is 600 g/mol. The number of aliphatic hydroxyl groups is 4. The molecule has 0 unspecified atom stereocenters. The Labute approximate surface area is 257 Å². The first-order valence-electron chi connectivity index (χ1n) is 14.3. The molecule has 9 atom stereocenters. The number of hydrogen-bond acceptors (Lipinski definition) is 11. The Kier molecular flexibility index (Phi) is 10.0. The number of benzene rings is 2. The fraction of sp³-hybridized carbons (Fsp3) is 0.452. The van der Waals surface area contributed by atoms with Gasteiger partial charge in [-0.1, -0.05) is 6.07 Å². The van der Waals surface area contributed by atoms with Gasteiger partial charge in [0.1, 0.15) is 55.8 Å². The lowest BCUT2D eigenvalue weighted by Gasteiger charge is -2.41. The monoisotopic (exact) mass is 635 g/mol. The lowest BCUT2D eigenvalue weighted by Crippen LogP contribution is -2.67. The highest BCUT2D eigenvalue weighted by atomic mass is 19.1. The van der Waals surface area contributed by atoms with Gasteiger partial charge in [-0.25, -0.2) is 8.78 Å². The molecule has 0 spiro atoms. The zero-order valence-corrected chi connectivity index (χ0v) is 24.4. The lowest BCUT2D eigenvalue weighted by molar-refractivity contribution is -0.155. The highest BCUT2D eigenvalue weighted by Gasteiger charge is 2.53. The standard InChI is InChI=1S/C31H35F2NO11/c1-14(7-8-41-21-6-4-17(32)11-18(21)33)28-20(36)12-23(45-28)44-22-5-3-16(10-19(22)35)9-15(2)31(40)34-24-25(37)27(39)30-29(26(24)38)42-13-43-30/h3-7,9-11,20,23-30,35-39H,8,12-13H2,1-2H3,(H,34,40)/t20-,23+,24+,25-,26+,27+,28+,29-,30+/m0/s1. The van der Waals surface area contributed by atoms with Crippen LogP contribution in [-0.2, 0) is 19.0 Å². The number of halogens is 2. The first-order chi connectivity index (χ1) is 21.4. The molecule has 0 aromatic heterocycles. The summed E-state index contributed by atoms with van der Waals surface area (Å²) < 4.78 is 54.2. The Morgan fingerprint density at radius 2 is 1.71 bits per heavy atom. The molecule has 2 aliphatic heterocycles. The lowest BCUT2D eigenvalue weighted by atomic mass is 9.83. The summed E-state index contributed by atoms with van der Waals surface area (Å²) in [5, 5.41) is 54.9. The van der Waals surface area contributed by atoms with E-state index in [0.717, 1.165) is 6.07 Å². The topological polar surface area (TPSA) is 176 Å². The molecule has 2 aromatic carbocycles. The number of fused-ring (bicyclic) bond motifs is 1. The largest absolute Gasteiger partial charge is 0.504 e. The smallest absolute Gasteiger partial charge is 0.247 e. The van der Waals surface area contributed by atoms with Crippen molar-refractivity contribution in [3.63, 3.8) is 0 Å². The molecule has 244 valence electrons. The van der Waals surface area contributed by atoms with Crippen LogP contribution in [0.3, 0.4) is 0 Å². The van der Waals surface area contributed by atoms with E-state index in [-0.39, 0.29) is 42.6 Å². The van der Waals surface area contributed by atoms with Crippen molar-refractivity contribution in [3.05, 3.63) is 70.8 Å². The Morgan fingerprint density at radius 1 is 1.00 bits per heavy atom. The molecule has 45 heavy (non-hydrogen) atoms. The zero-order chi connectivity index (χ0) is 32.4. The van der Waals surface area contributed by atoms with Gasteiger partial charge >= 0.3 is 0 Å². The molecule has 6 N–H and O–H groups in total. The minimum atomic E-state index is -1.49. The van der Waals surface area contributed by atoms with E-state index in [2.05, 4.69) is 5.32 Å². The normalized spacial score (nSPS) is 31.9. The van der Waals surface area contributed by atoms with Gasteiger partial charge in [-0.15, -0.1) is 0 Å². The number of ether oxygens (including phenoxy) is 5. The van der Waals surface area contributed by atoms with Gasteiger partial charge in [0.2, 0.25) is 12.2 Å². The maximum Gasteiger partial charge on any atom is 0.247 e. The van der Waals surface area contributed by atoms with Gasteiger partial charge in [-0.3, -0.25) is 4.79 Å². The van der Waals surface area contributed by atoms with Crippen molar-refractivity contribution in [2.24, 2.45) is 0 Å². The number of phenols is 1. The van der Waals surface area contributed by atoms with Crippen LogP contribution in [0.5, 0.6) is 17.2 Å². The summed E-state index contributed by atoms with van der Waals surface area (Å²) >= 11 is 0. The number of carbonyl (C=O) groups excluding carboxylic acids is 1. The van der Waals surface area contributed by atoms with Gasteiger partial charge in [0.25, 0.3) is 0 Å². The molecule has 1 saturated carbocycles. The average Bonchev–Trinajstić information content (AvgIpc) is 3.63. The Morgan fingerprint density at radius 3 is 2.42 bits per heavy atom. The molecule has 0 bridgehead atoms. The minimum Gasteiger partial charge on any atom is -0.504 e. The molecule has 12 nitrogen and oxygen atoms in total. The molecule has 2 heterocycles. The van der Waals surface area contributed by atoms with Crippen LogP contribution < -0.4 is 14.8 Å². The molecule has 0 radical (unpaired) electrons. The van der Waals surface area contributed by atoms with Crippen LogP contribution in [0.1, 0.15) is 25.8 Å². The van der Waals surface area contributed by atoms with E-state index in [0.29, 0.717) is 17.2 Å². The van der Waals surface area contributed by atoms with Crippen LogP contribution in [0.2, 0.25) is 0 Å². The molecule has 5 rings (SSSR count).